The van der Waals surface area contributed by atoms with E-state index in [9.17, 15) is 10.1 Å². The average Bonchev–Trinajstić information content (AvgIpc) is 3.14. The molecule has 1 fully saturated rings. The van der Waals surface area contributed by atoms with Crippen LogP contribution in [-0.4, -0.2) is 34.1 Å². The molecule has 1 aromatic heterocycles. The minimum atomic E-state index is -0.172. The van der Waals surface area contributed by atoms with Crippen molar-refractivity contribution in [3.05, 3.63) is 35.5 Å². The number of rotatable bonds is 2. The largest absolute Gasteiger partial charge is 0.338 e. The van der Waals surface area contributed by atoms with Gasteiger partial charge < -0.3 is 4.90 Å². The second kappa shape index (κ2) is 5.17. The number of aromatic amines is 1. The smallest absolute Gasteiger partial charge is 0.264 e. The second-order valence-corrected chi connectivity index (χ2v) is 4.89. The summed E-state index contributed by atoms with van der Waals surface area (Å²) < 4.78 is 0. The molecule has 1 aliphatic heterocycles. The predicted molar refractivity (Wildman–Crippen MR) is 75.5 cm³/mol. The second-order valence-electron chi connectivity index (χ2n) is 4.89. The molecule has 0 radical (unpaired) electrons. The van der Waals surface area contributed by atoms with Gasteiger partial charge in [-0.15, -0.1) is 0 Å². The molecule has 1 aromatic carbocycles. The Hall–Kier alpha value is -2.61. The van der Waals surface area contributed by atoms with Crippen molar-refractivity contribution in [3.8, 4) is 6.07 Å². The molecule has 1 saturated heterocycles. The maximum absolute atomic E-state index is 12.2. The molecule has 2 aromatic rings. The minimum Gasteiger partial charge on any atom is -0.338 e. The number of nitrogens with one attached hydrogen (secondary N) is 1. The van der Waals surface area contributed by atoms with Crippen LogP contribution in [0.4, 0.5) is 0 Å². The van der Waals surface area contributed by atoms with E-state index >= 15 is 0 Å². The van der Waals surface area contributed by atoms with Crippen LogP contribution in [0.2, 0.25) is 0 Å². The summed E-state index contributed by atoms with van der Waals surface area (Å²) in [5, 5.41) is 17.0. The fraction of sp³-hybridized carbons (Fsp3) is 0.267. The van der Waals surface area contributed by atoms with E-state index < -0.39 is 0 Å². The van der Waals surface area contributed by atoms with Crippen molar-refractivity contribution >= 4 is 22.9 Å². The van der Waals surface area contributed by atoms with E-state index in [2.05, 4.69) is 10.2 Å². The van der Waals surface area contributed by atoms with Crippen LogP contribution in [0, 0.1) is 11.3 Å². The third-order valence-corrected chi connectivity index (χ3v) is 3.52. The van der Waals surface area contributed by atoms with E-state index in [1.165, 1.54) is 0 Å². The maximum atomic E-state index is 12.2. The van der Waals surface area contributed by atoms with Crippen molar-refractivity contribution in [1.29, 1.82) is 5.26 Å². The molecule has 0 aliphatic carbocycles. The van der Waals surface area contributed by atoms with Crippen molar-refractivity contribution in [1.82, 2.24) is 15.1 Å². The summed E-state index contributed by atoms with van der Waals surface area (Å²) in [6.07, 6.45) is 5.42. The number of amides is 1. The number of H-pyrrole nitrogens is 1. The van der Waals surface area contributed by atoms with Crippen molar-refractivity contribution in [2.24, 2.45) is 0 Å². The number of nitriles is 1. The molecule has 5 heteroatoms. The van der Waals surface area contributed by atoms with Crippen LogP contribution in [0.25, 0.3) is 17.0 Å². The van der Waals surface area contributed by atoms with Crippen LogP contribution < -0.4 is 0 Å². The molecule has 0 spiro atoms. The zero-order valence-electron chi connectivity index (χ0n) is 11.0. The summed E-state index contributed by atoms with van der Waals surface area (Å²) in [6.45, 7) is 1.49. The lowest BCUT2D eigenvalue weighted by atomic mass is 10.1. The molecule has 1 N–H and O–H groups in total. The average molecular weight is 266 g/mol. The third kappa shape index (κ3) is 2.28. The highest BCUT2D eigenvalue weighted by Crippen LogP contribution is 2.17. The van der Waals surface area contributed by atoms with Gasteiger partial charge in [-0.05, 0) is 30.5 Å². The molecule has 100 valence electrons. The van der Waals surface area contributed by atoms with Crippen molar-refractivity contribution in [2.75, 3.05) is 13.1 Å². The fourth-order valence-corrected chi connectivity index (χ4v) is 2.44. The summed E-state index contributed by atoms with van der Waals surface area (Å²) in [4.78, 5) is 13.9. The Kier molecular flexibility index (Phi) is 3.21. The number of hydrogen-bond acceptors (Lipinski definition) is 3. The van der Waals surface area contributed by atoms with Crippen molar-refractivity contribution in [3.63, 3.8) is 0 Å². The van der Waals surface area contributed by atoms with Gasteiger partial charge in [-0.3, -0.25) is 9.89 Å². The van der Waals surface area contributed by atoms with E-state index in [1.807, 2.05) is 24.3 Å². The van der Waals surface area contributed by atoms with Gasteiger partial charge in [0.05, 0.1) is 11.7 Å². The Labute approximate surface area is 116 Å². The lowest BCUT2D eigenvalue weighted by Crippen LogP contribution is -2.28. The quantitative estimate of drug-likeness (QED) is 0.668. The first kappa shape index (κ1) is 12.4. The van der Waals surface area contributed by atoms with Gasteiger partial charge in [0.1, 0.15) is 11.6 Å². The van der Waals surface area contributed by atoms with Crippen LogP contribution in [0.3, 0.4) is 0 Å². The van der Waals surface area contributed by atoms with Gasteiger partial charge in [-0.2, -0.15) is 10.4 Å². The Balaban J connectivity index is 1.91. The number of carbonyl (C=O) groups excluding carboxylic acids is 1. The summed E-state index contributed by atoms with van der Waals surface area (Å²) in [5.74, 6) is -0.172. The number of fused-ring (bicyclic) bond motifs is 1. The first-order valence-corrected chi connectivity index (χ1v) is 6.62. The van der Waals surface area contributed by atoms with Gasteiger partial charge >= 0.3 is 0 Å². The molecule has 1 aliphatic rings. The van der Waals surface area contributed by atoms with Crippen LogP contribution in [0.1, 0.15) is 18.4 Å². The van der Waals surface area contributed by atoms with Gasteiger partial charge in [-0.1, -0.05) is 12.1 Å². The Morgan fingerprint density at radius 3 is 2.95 bits per heavy atom. The first-order chi connectivity index (χ1) is 9.78. The van der Waals surface area contributed by atoms with Gasteiger partial charge in [0.25, 0.3) is 5.91 Å². The summed E-state index contributed by atoms with van der Waals surface area (Å²) in [6, 6.07) is 7.70. The predicted octanol–water partition coefficient (Wildman–Crippen LogP) is 2.09. The summed E-state index contributed by atoms with van der Waals surface area (Å²) >= 11 is 0. The van der Waals surface area contributed by atoms with Crippen LogP contribution >= 0.6 is 0 Å². The van der Waals surface area contributed by atoms with Crippen LogP contribution in [0.5, 0.6) is 0 Å². The number of likely N-dealkylation sites (tertiary alicyclic amines) is 1. The Morgan fingerprint density at radius 2 is 2.20 bits per heavy atom. The van der Waals surface area contributed by atoms with E-state index in [0.29, 0.717) is 0 Å². The van der Waals surface area contributed by atoms with Crippen molar-refractivity contribution in [2.45, 2.75) is 12.8 Å². The fourth-order valence-electron chi connectivity index (χ4n) is 2.44. The van der Waals surface area contributed by atoms with E-state index in [-0.39, 0.29) is 11.5 Å². The molecule has 20 heavy (non-hydrogen) atoms. The molecular formula is C15H14N4O. The number of benzene rings is 1. The Morgan fingerprint density at radius 1 is 1.40 bits per heavy atom. The molecule has 0 atom stereocenters. The minimum absolute atomic E-state index is 0.172. The van der Waals surface area contributed by atoms with Gasteiger partial charge in [-0.25, -0.2) is 0 Å². The highest BCUT2D eigenvalue weighted by atomic mass is 16.2. The lowest BCUT2D eigenvalue weighted by molar-refractivity contribution is -0.125. The first-order valence-electron chi connectivity index (χ1n) is 6.62. The number of nitrogens with zero attached hydrogens (tertiary/aromatic N) is 3. The van der Waals surface area contributed by atoms with Crippen LogP contribution in [-0.2, 0) is 4.79 Å². The standard InChI is InChI=1S/C15H14N4O/c16-9-13(15(20)19-5-1-2-6-19)7-11-3-4-12-10-17-18-14(12)8-11/h3-4,7-8,10H,1-2,5-6H2,(H,17,18)/b13-7-. The van der Waals surface area contributed by atoms with Gasteiger partial charge in [0, 0.05) is 18.5 Å². The normalized spacial score (nSPS) is 15.6. The van der Waals surface area contributed by atoms with Crippen molar-refractivity contribution < 1.29 is 4.79 Å². The zero-order valence-corrected chi connectivity index (χ0v) is 11.0. The molecule has 1 amide bonds. The summed E-state index contributed by atoms with van der Waals surface area (Å²) in [5.41, 5.74) is 1.90. The van der Waals surface area contributed by atoms with E-state index in [0.717, 1.165) is 42.4 Å². The van der Waals surface area contributed by atoms with Gasteiger partial charge in [0.2, 0.25) is 0 Å². The SMILES string of the molecule is N#C/C(=C/c1ccc2cn[nH]c2c1)C(=O)N1CCCC1. The highest BCUT2D eigenvalue weighted by Gasteiger charge is 2.21. The molecule has 5 nitrogen and oxygen atoms in total. The highest BCUT2D eigenvalue weighted by molar-refractivity contribution is 6.02. The third-order valence-electron chi connectivity index (χ3n) is 3.52. The van der Waals surface area contributed by atoms with Gasteiger partial charge in [0.15, 0.2) is 0 Å². The molecule has 0 bridgehead atoms. The summed E-state index contributed by atoms with van der Waals surface area (Å²) in [7, 11) is 0. The number of hydrogen-bond donors (Lipinski definition) is 1. The topological polar surface area (TPSA) is 72.8 Å². The zero-order chi connectivity index (χ0) is 13.9. The molecular weight excluding hydrogens is 252 g/mol. The molecule has 2 heterocycles. The lowest BCUT2D eigenvalue weighted by Gasteiger charge is -2.14. The monoisotopic (exact) mass is 266 g/mol. The Bertz CT molecular complexity index is 717. The number of aromatic nitrogens is 2. The van der Waals surface area contributed by atoms with E-state index in [4.69, 9.17) is 0 Å². The molecule has 0 saturated carbocycles. The molecule has 0 unspecified atom stereocenters. The maximum Gasteiger partial charge on any atom is 0.264 e. The van der Waals surface area contributed by atoms with E-state index in [1.54, 1.807) is 17.2 Å². The molecule has 3 rings (SSSR count). The van der Waals surface area contributed by atoms with Crippen LogP contribution in [0.15, 0.2) is 30.0 Å². The number of carbonyl (C=O) groups is 1.